The van der Waals surface area contributed by atoms with E-state index in [1.165, 1.54) is 6.92 Å². The van der Waals surface area contributed by atoms with Crippen LogP contribution >= 0.6 is 15.9 Å². The minimum atomic E-state index is -4.15. The molecule has 104 valence electrons. The van der Waals surface area contributed by atoms with Gasteiger partial charge in [-0.25, -0.2) is 9.97 Å². The maximum atomic E-state index is 12.2. The molecule has 4 nitrogen and oxygen atoms in total. The smallest absolute Gasteiger partial charge is 0.308 e. The Bertz CT molecular complexity index is 567. The second-order valence-corrected chi connectivity index (χ2v) is 5.10. The van der Waals surface area contributed by atoms with Crippen molar-refractivity contribution in [1.82, 2.24) is 19.7 Å². The molecular formula is C11H12BrF3N4. The minimum Gasteiger partial charge on any atom is -0.308 e. The first-order valence-corrected chi connectivity index (χ1v) is 6.42. The van der Waals surface area contributed by atoms with Gasteiger partial charge in [0.2, 0.25) is 0 Å². The van der Waals surface area contributed by atoms with Gasteiger partial charge in [-0.15, -0.1) is 0 Å². The maximum Gasteiger partial charge on any atom is 0.390 e. The van der Waals surface area contributed by atoms with Gasteiger partial charge in [-0.1, -0.05) is 0 Å². The number of halogens is 4. The zero-order chi connectivity index (χ0) is 14.0. The molecule has 2 rings (SSSR count). The highest BCUT2D eigenvalue weighted by Crippen LogP contribution is 2.21. The largest absolute Gasteiger partial charge is 0.390 e. The van der Waals surface area contributed by atoms with Crippen LogP contribution in [0.25, 0.3) is 5.65 Å². The van der Waals surface area contributed by atoms with Crippen molar-refractivity contribution < 1.29 is 13.2 Å². The highest BCUT2D eigenvalue weighted by atomic mass is 79.9. The monoisotopic (exact) mass is 336 g/mol. The van der Waals surface area contributed by atoms with Gasteiger partial charge in [0, 0.05) is 18.8 Å². The number of imidazole rings is 1. The molecule has 1 N–H and O–H groups in total. The van der Waals surface area contributed by atoms with E-state index >= 15 is 0 Å². The summed E-state index contributed by atoms with van der Waals surface area (Å²) in [4.78, 5) is 8.16. The summed E-state index contributed by atoms with van der Waals surface area (Å²) in [6.45, 7) is 1.82. The van der Waals surface area contributed by atoms with Crippen LogP contribution in [0.2, 0.25) is 0 Å². The number of nitrogens with one attached hydrogen (secondary N) is 1. The molecule has 0 aliphatic heterocycles. The van der Waals surface area contributed by atoms with Crippen LogP contribution in [0.1, 0.15) is 19.0 Å². The number of fused-ring (bicyclic) bond motifs is 1. The fourth-order valence-corrected chi connectivity index (χ4v) is 2.05. The van der Waals surface area contributed by atoms with E-state index in [0.717, 1.165) is 5.69 Å². The summed E-state index contributed by atoms with van der Waals surface area (Å²) in [5, 5.41) is 2.84. The van der Waals surface area contributed by atoms with Crippen molar-refractivity contribution in [3.8, 4) is 0 Å². The normalized spacial score (nSPS) is 13.9. The van der Waals surface area contributed by atoms with E-state index in [0.29, 0.717) is 16.8 Å². The van der Waals surface area contributed by atoms with Gasteiger partial charge in [0.15, 0.2) is 5.65 Å². The number of rotatable bonds is 4. The summed E-state index contributed by atoms with van der Waals surface area (Å²) in [7, 11) is 0. The SMILES string of the molecule is CC(CC(F)(F)F)NCc1cnc2cnc(Br)cn12. The second kappa shape index (κ2) is 5.46. The molecule has 2 aromatic heterocycles. The molecule has 2 aromatic rings. The highest BCUT2D eigenvalue weighted by molar-refractivity contribution is 9.10. The summed E-state index contributed by atoms with van der Waals surface area (Å²) < 4.78 is 39.0. The average Bonchev–Trinajstić information content (AvgIpc) is 2.66. The zero-order valence-electron chi connectivity index (χ0n) is 10.1. The van der Waals surface area contributed by atoms with Crippen LogP contribution in [0.15, 0.2) is 23.2 Å². The van der Waals surface area contributed by atoms with Crippen molar-refractivity contribution in [1.29, 1.82) is 0 Å². The van der Waals surface area contributed by atoms with Gasteiger partial charge < -0.3 is 5.32 Å². The molecule has 0 amide bonds. The first-order chi connectivity index (χ1) is 8.85. The van der Waals surface area contributed by atoms with Gasteiger partial charge in [-0.05, 0) is 22.9 Å². The van der Waals surface area contributed by atoms with Gasteiger partial charge in [0.05, 0.1) is 24.5 Å². The molecular weight excluding hydrogens is 325 g/mol. The Labute approximate surface area is 116 Å². The van der Waals surface area contributed by atoms with Crippen molar-refractivity contribution in [2.45, 2.75) is 32.1 Å². The molecule has 0 aliphatic carbocycles. The Morgan fingerprint density at radius 2 is 2.11 bits per heavy atom. The van der Waals surface area contributed by atoms with Crippen LogP contribution in [0.4, 0.5) is 13.2 Å². The lowest BCUT2D eigenvalue weighted by Gasteiger charge is -2.15. The maximum absolute atomic E-state index is 12.2. The highest BCUT2D eigenvalue weighted by Gasteiger charge is 2.29. The quantitative estimate of drug-likeness (QED) is 0.933. The number of hydrogen-bond donors (Lipinski definition) is 1. The number of alkyl halides is 3. The lowest BCUT2D eigenvalue weighted by molar-refractivity contribution is -0.139. The van der Waals surface area contributed by atoms with E-state index in [4.69, 9.17) is 0 Å². The van der Waals surface area contributed by atoms with E-state index in [1.807, 2.05) is 0 Å². The summed E-state index contributed by atoms with van der Waals surface area (Å²) in [5.41, 5.74) is 1.44. The molecule has 1 unspecified atom stereocenters. The van der Waals surface area contributed by atoms with Crippen molar-refractivity contribution >= 4 is 21.6 Å². The summed E-state index contributed by atoms with van der Waals surface area (Å²) in [6.07, 6.45) is -0.0644. The standard InChI is InChI=1S/C11H12BrF3N4/c1-7(2-11(13,14)15)16-3-8-4-18-10-5-17-9(12)6-19(8)10/h4-7,16H,2-3H2,1H3. The van der Waals surface area contributed by atoms with Gasteiger partial charge in [0.25, 0.3) is 0 Å². The molecule has 1 atom stereocenters. The van der Waals surface area contributed by atoms with Crippen LogP contribution in [-0.2, 0) is 6.54 Å². The summed E-state index contributed by atoms with van der Waals surface area (Å²) in [6, 6.07) is -0.643. The Kier molecular flexibility index (Phi) is 4.10. The van der Waals surface area contributed by atoms with Gasteiger partial charge in [-0.3, -0.25) is 4.40 Å². The predicted octanol–water partition coefficient (Wildman–Crippen LogP) is 2.92. The fraction of sp³-hybridized carbons (Fsp3) is 0.455. The minimum absolute atomic E-state index is 0.314. The Balaban J connectivity index is 2.04. The molecule has 0 bridgehead atoms. The van der Waals surface area contributed by atoms with Crippen LogP contribution in [0.5, 0.6) is 0 Å². The third kappa shape index (κ3) is 3.90. The molecule has 8 heteroatoms. The fourth-order valence-electron chi connectivity index (χ4n) is 1.74. The van der Waals surface area contributed by atoms with Crippen molar-refractivity contribution in [3.63, 3.8) is 0 Å². The summed E-state index contributed by atoms with van der Waals surface area (Å²) in [5.74, 6) is 0. The van der Waals surface area contributed by atoms with Crippen LogP contribution in [0, 0.1) is 0 Å². The van der Waals surface area contributed by atoms with Crippen LogP contribution in [-0.4, -0.2) is 26.6 Å². The Morgan fingerprint density at radius 3 is 2.79 bits per heavy atom. The molecule has 0 spiro atoms. The van der Waals surface area contributed by atoms with Crippen LogP contribution in [0.3, 0.4) is 0 Å². The number of aromatic nitrogens is 3. The van der Waals surface area contributed by atoms with Crippen molar-refractivity contribution in [3.05, 3.63) is 28.9 Å². The lowest BCUT2D eigenvalue weighted by Crippen LogP contribution is -2.31. The molecule has 0 aromatic carbocycles. The third-order valence-corrected chi connectivity index (χ3v) is 3.02. The van der Waals surface area contributed by atoms with E-state index in [2.05, 4.69) is 31.2 Å². The van der Waals surface area contributed by atoms with Crippen LogP contribution < -0.4 is 5.32 Å². The topological polar surface area (TPSA) is 42.2 Å². The van der Waals surface area contributed by atoms with E-state index in [-0.39, 0.29) is 0 Å². The van der Waals surface area contributed by atoms with Crippen molar-refractivity contribution in [2.75, 3.05) is 0 Å². The number of hydrogen-bond acceptors (Lipinski definition) is 3. The van der Waals surface area contributed by atoms with Gasteiger partial charge in [-0.2, -0.15) is 13.2 Å². The third-order valence-electron chi connectivity index (χ3n) is 2.61. The Hall–Kier alpha value is -1.15. The second-order valence-electron chi connectivity index (χ2n) is 4.29. The molecule has 0 saturated heterocycles. The first-order valence-electron chi connectivity index (χ1n) is 5.63. The van der Waals surface area contributed by atoms with E-state index in [1.54, 1.807) is 23.0 Å². The molecule has 0 aliphatic rings. The van der Waals surface area contributed by atoms with E-state index < -0.39 is 18.6 Å². The first kappa shape index (κ1) is 14.3. The van der Waals surface area contributed by atoms with Gasteiger partial charge in [0.1, 0.15) is 4.60 Å². The lowest BCUT2D eigenvalue weighted by atomic mass is 10.2. The van der Waals surface area contributed by atoms with E-state index in [9.17, 15) is 13.2 Å². The molecule has 19 heavy (non-hydrogen) atoms. The van der Waals surface area contributed by atoms with Gasteiger partial charge >= 0.3 is 6.18 Å². The Morgan fingerprint density at radius 1 is 1.37 bits per heavy atom. The molecule has 0 radical (unpaired) electrons. The molecule has 0 fully saturated rings. The predicted molar refractivity (Wildman–Crippen MR) is 67.7 cm³/mol. The summed E-state index contributed by atoms with van der Waals surface area (Å²) >= 11 is 3.24. The average molecular weight is 337 g/mol. The molecule has 0 saturated carbocycles. The molecule has 2 heterocycles. The van der Waals surface area contributed by atoms with Crippen molar-refractivity contribution in [2.24, 2.45) is 0 Å². The zero-order valence-corrected chi connectivity index (χ0v) is 11.7. The number of nitrogens with zero attached hydrogens (tertiary/aromatic N) is 3.